The molecule has 2 rings (SSSR count). The topological polar surface area (TPSA) is 90.3 Å². The molecule has 0 saturated carbocycles. The van der Waals surface area contributed by atoms with Crippen LogP contribution in [0.5, 0.6) is 5.75 Å². The summed E-state index contributed by atoms with van der Waals surface area (Å²) in [6, 6.07) is 5.04. The minimum Gasteiger partial charge on any atom is -0.454 e. The standard InChI is InChI=1S/C20H30N2O5S/c1-21(2)28(25,26)19-12-6-11-18(22(13-7-15-23)14-8-16-24)20(19)27-17-9-4-3-5-10-17/h4,6,9-12,23-24H,3,5,7-8,13-16H2,1-2H3. The molecule has 0 bridgehead atoms. The van der Waals surface area contributed by atoms with Gasteiger partial charge in [0.1, 0.15) is 10.7 Å². The van der Waals surface area contributed by atoms with Gasteiger partial charge in [-0.1, -0.05) is 12.1 Å². The minimum atomic E-state index is -3.72. The van der Waals surface area contributed by atoms with Crippen molar-refractivity contribution in [3.63, 3.8) is 0 Å². The molecule has 0 saturated heterocycles. The van der Waals surface area contributed by atoms with E-state index in [0.29, 0.717) is 37.4 Å². The summed E-state index contributed by atoms with van der Waals surface area (Å²) in [7, 11) is -0.750. The summed E-state index contributed by atoms with van der Waals surface area (Å²) in [6.07, 6.45) is 8.59. The predicted octanol–water partition coefficient (Wildman–Crippen LogP) is 2.12. The second-order valence-corrected chi connectivity index (χ2v) is 8.84. The number of rotatable bonds is 11. The third kappa shape index (κ3) is 5.57. The smallest absolute Gasteiger partial charge is 0.246 e. The Kier molecular flexibility index (Phi) is 8.50. The average Bonchev–Trinajstić information content (AvgIpc) is 2.69. The fourth-order valence-corrected chi connectivity index (χ4v) is 3.94. The molecular formula is C20H30N2O5S. The molecule has 0 spiro atoms. The van der Waals surface area contributed by atoms with E-state index < -0.39 is 10.0 Å². The molecule has 28 heavy (non-hydrogen) atoms. The van der Waals surface area contributed by atoms with Crippen molar-refractivity contribution < 1.29 is 23.4 Å². The van der Waals surface area contributed by atoms with Gasteiger partial charge in [-0.3, -0.25) is 0 Å². The summed E-state index contributed by atoms with van der Waals surface area (Å²) in [4.78, 5) is 2.04. The van der Waals surface area contributed by atoms with Gasteiger partial charge in [0, 0.05) is 40.4 Å². The minimum absolute atomic E-state index is 0.0232. The van der Waals surface area contributed by atoms with Crippen LogP contribution in [-0.4, -0.2) is 63.3 Å². The Morgan fingerprint density at radius 1 is 1.07 bits per heavy atom. The molecule has 7 nitrogen and oxygen atoms in total. The normalized spacial score (nSPS) is 14.2. The zero-order chi connectivity index (χ0) is 20.6. The number of aliphatic hydroxyl groups is 2. The second kappa shape index (κ2) is 10.6. The van der Waals surface area contributed by atoms with E-state index in [2.05, 4.69) is 0 Å². The summed E-state index contributed by atoms with van der Waals surface area (Å²) < 4.78 is 33.1. The first kappa shape index (κ1) is 22.4. The van der Waals surface area contributed by atoms with Crippen molar-refractivity contribution in [2.45, 2.75) is 30.6 Å². The van der Waals surface area contributed by atoms with E-state index in [9.17, 15) is 18.6 Å². The maximum atomic E-state index is 12.9. The summed E-state index contributed by atoms with van der Waals surface area (Å²) in [5.41, 5.74) is 0.629. The van der Waals surface area contributed by atoms with Crippen LogP contribution in [-0.2, 0) is 10.0 Å². The van der Waals surface area contributed by atoms with E-state index in [1.807, 2.05) is 29.2 Å². The average molecular weight is 411 g/mol. The van der Waals surface area contributed by atoms with E-state index in [1.165, 1.54) is 20.2 Å². The monoisotopic (exact) mass is 410 g/mol. The quantitative estimate of drug-likeness (QED) is 0.581. The largest absolute Gasteiger partial charge is 0.454 e. The van der Waals surface area contributed by atoms with Crippen LogP contribution in [0.15, 0.2) is 47.1 Å². The van der Waals surface area contributed by atoms with Crippen LogP contribution in [0.3, 0.4) is 0 Å². The Balaban J connectivity index is 2.55. The number of hydrogen-bond donors (Lipinski definition) is 2. The number of anilines is 1. The van der Waals surface area contributed by atoms with E-state index >= 15 is 0 Å². The van der Waals surface area contributed by atoms with Gasteiger partial charge in [-0.05, 0) is 50.0 Å². The van der Waals surface area contributed by atoms with Gasteiger partial charge in [0.25, 0.3) is 0 Å². The van der Waals surface area contributed by atoms with Crippen LogP contribution in [0.2, 0.25) is 0 Å². The van der Waals surface area contributed by atoms with Crippen molar-refractivity contribution in [3.05, 3.63) is 42.2 Å². The highest BCUT2D eigenvalue weighted by Gasteiger charge is 2.27. The van der Waals surface area contributed by atoms with Crippen LogP contribution in [0, 0.1) is 0 Å². The highest BCUT2D eigenvalue weighted by Crippen LogP contribution is 2.38. The zero-order valence-corrected chi connectivity index (χ0v) is 17.4. The first-order chi connectivity index (χ1) is 13.4. The van der Waals surface area contributed by atoms with Gasteiger partial charge >= 0.3 is 0 Å². The lowest BCUT2D eigenvalue weighted by Crippen LogP contribution is -2.29. The van der Waals surface area contributed by atoms with Crippen molar-refractivity contribution in [2.75, 3.05) is 45.3 Å². The van der Waals surface area contributed by atoms with Crippen LogP contribution in [0.4, 0.5) is 5.69 Å². The molecule has 156 valence electrons. The van der Waals surface area contributed by atoms with E-state index in [1.54, 1.807) is 6.07 Å². The number of aliphatic hydroxyl groups excluding tert-OH is 2. The predicted molar refractivity (Wildman–Crippen MR) is 110 cm³/mol. The van der Waals surface area contributed by atoms with Crippen molar-refractivity contribution in [1.82, 2.24) is 4.31 Å². The Bertz CT molecular complexity index is 795. The maximum Gasteiger partial charge on any atom is 0.246 e. The summed E-state index contributed by atoms with van der Waals surface area (Å²) in [5.74, 6) is 0.878. The highest BCUT2D eigenvalue weighted by molar-refractivity contribution is 7.89. The van der Waals surface area contributed by atoms with Gasteiger partial charge in [0.15, 0.2) is 5.75 Å². The molecule has 2 N–H and O–H groups in total. The van der Waals surface area contributed by atoms with Crippen molar-refractivity contribution in [2.24, 2.45) is 0 Å². The molecule has 0 atom stereocenters. The number of hydrogen-bond acceptors (Lipinski definition) is 6. The van der Waals surface area contributed by atoms with Gasteiger partial charge in [0.05, 0.1) is 5.69 Å². The highest BCUT2D eigenvalue weighted by atomic mass is 32.2. The second-order valence-electron chi connectivity index (χ2n) is 6.72. The molecule has 1 aromatic carbocycles. The SMILES string of the molecule is CN(C)S(=O)(=O)c1cccc(N(CCCO)CCCO)c1OC1=CCCC=C1. The third-order valence-electron chi connectivity index (χ3n) is 4.41. The molecule has 0 unspecified atom stereocenters. The Morgan fingerprint density at radius 3 is 2.29 bits per heavy atom. The third-order valence-corrected chi connectivity index (χ3v) is 6.25. The van der Waals surface area contributed by atoms with Crippen LogP contribution in [0.1, 0.15) is 25.7 Å². The summed E-state index contributed by atoms with van der Waals surface area (Å²) in [6.45, 7) is 1.09. The van der Waals surface area contributed by atoms with E-state index in [-0.39, 0.29) is 23.9 Å². The number of ether oxygens (including phenoxy) is 1. The Labute approximate surface area is 167 Å². The number of sulfonamides is 1. The zero-order valence-electron chi connectivity index (χ0n) is 16.5. The number of allylic oxidation sites excluding steroid dienone is 3. The van der Waals surface area contributed by atoms with Gasteiger partial charge < -0.3 is 19.8 Å². The fraction of sp³-hybridized carbons (Fsp3) is 0.500. The first-order valence-electron chi connectivity index (χ1n) is 9.48. The lowest BCUT2D eigenvalue weighted by molar-refractivity contribution is 0.281. The number of nitrogens with zero attached hydrogens (tertiary/aromatic N) is 2. The first-order valence-corrected chi connectivity index (χ1v) is 10.9. The summed E-state index contributed by atoms with van der Waals surface area (Å²) >= 11 is 0. The van der Waals surface area contributed by atoms with Gasteiger partial charge in [0.2, 0.25) is 10.0 Å². The van der Waals surface area contributed by atoms with Crippen LogP contribution >= 0.6 is 0 Å². The van der Waals surface area contributed by atoms with Gasteiger partial charge in [-0.25, -0.2) is 12.7 Å². The summed E-state index contributed by atoms with van der Waals surface area (Å²) in [5, 5.41) is 18.5. The van der Waals surface area contributed by atoms with E-state index in [0.717, 1.165) is 17.1 Å². The molecule has 0 heterocycles. The number of benzene rings is 1. The molecule has 0 fully saturated rings. The molecule has 1 aliphatic carbocycles. The lowest BCUT2D eigenvalue weighted by atomic mass is 10.2. The molecule has 0 amide bonds. The van der Waals surface area contributed by atoms with Crippen molar-refractivity contribution >= 4 is 15.7 Å². The van der Waals surface area contributed by atoms with E-state index in [4.69, 9.17) is 4.74 Å². The fourth-order valence-electron chi connectivity index (χ4n) is 2.91. The molecule has 0 aliphatic heterocycles. The molecule has 1 aliphatic rings. The molecule has 0 radical (unpaired) electrons. The Morgan fingerprint density at radius 2 is 1.75 bits per heavy atom. The van der Waals surface area contributed by atoms with Gasteiger partial charge in [-0.2, -0.15) is 0 Å². The van der Waals surface area contributed by atoms with Crippen LogP contribution < -0.4 is 9.64 Å². The molecule has 8 heteroatoms. The lowest BCUT2D eigenvalue weighted by Gasteiger charge is -2.28. The van der Waals surface area contributed by atoms with Crippen LogP contribution in [0.25, 0.3) is 0 Å². The van der Waals surface area contributed by atoms with Gasteiger partial charge in [-0.15, -0.1) is 0 Å². The number of para-hydroxylation sites is 1. The molecule has 0 aromatic heterocycles. The molecule has 1 aromatic rings. The maximum absolute atomic E-state index is 12.9. The Hall–Kier alpha value is -1.87. The molecular weight excluding hydrogens is 380 g/mol. The van der Waals surface area contributed by atoms with Crippen molar-refractivity contribution in [3.8, 4) is 5.75 Å². The van der Waals surface area contributed by atoms with Crippen molar-refractivity contribution in [1.29, 1.82) is 0 Å².